The standard InChI is InChI=1S/C17H29NO2/c1-3-4-5-6-7-10-19-13-17-11-15(14(2)20-17)12-18-16-8-9-16/h11,16,18H,3-10,12-13H2,1-2H3. The van der Waals surface area contributed by atoms with E-state index >= 15 is 0 Å². The van der Waals surface area contributed by atoms with Crippen LogP contribution in [0.1, 0.15) is 69.0 Å². The molecule has 1 aliphatic rings. The van der Waals surface area contributed by atoms with Crippen molar-refractivity contribution in [1.29, 1.82) is 0 Å². The molecule has 1 fully saturated rings. The highest BCUT2D eigenvalue weighted by Gasteiger charge is 2.20. The third kappa shape index (κ3) is 5.68. The van der Waals surface area contributed by atoms with Gasteiger partial charge in [-0.15, -0.1) is 0 Å². The zero-order valence-corrected chi connectivity index (χ0v) is 13.0. The van der Waals surface area contributed by atoms with Gasteiger partial charge in [-0.1, -0.05) is 32.6 Å². The van der Waals surface area contributed by atoms with Gasteiger partial charge in [0.2, 0.25) is 0 Å². The summed E-state index contributed by atoms with van der Waals surface area (Å²) >= 11 is 0. The summed E-state index contributed by atoms with van der Waals surface area (Å²) in [4.78, 5) is 0. The van der Waals surface area contributed by atoms with Crippen molar-refractivity contribution in [3.05, 3.63) is 23.2 Å². The third-order valence-electron chi connectivity index (χ3n) is 3.87. The monoisotopic (exact) mass is 279 g/mol. The smallest absolute Gasteiger partial charge is 0.130 e. The zero-order valence-electron chi connectivity index (χ0n) is 13.0. The van der Waals surface area contributed by atoms with Gasteiger partial charge in [0, 0.05) is 24.8 Å². The molecule has 0 aliphatic heterocycles. The Morgan fingerprint density at radius 1 is 1.25 bits per heavy atom. The average molecular weight is 279 g/mol. The van der Waals surface area contributed by atoms with Crippen LogP contribution in [0.5, 0.6) is 0 Å². The van der Waals surface area contributed by atoms with Gasteiger partial charge in [0.15, 0.2) is 0 Å². The van der Waals surface area contributed by atoms with Crippen LogP contribution in [0.3, 0.4) is 0 Å². The second-order valence-electron chi connectivity index (χ2n) is 5.92. The molecule has 1 saturated carbocycles. The maximum absolute atomic E-state index is 5.75. The molecule has 0 spiro atoms. The lowest BCUT2D eigenvalue weighted by Gasteiger charge is -2.02. The van der Waals surface area contributed by atoms with Crippen molar-refractivity contribution in [3.63, 3.8) is 0 Å². The third-order valence-corrected chi connectivity index (χ3v) is 3.87. The van der Waals surface area contributed by atoms with Crippen LogP contribution in [0.2, 0.25) is 0 Å². The molecule has 20 heavy (non-hydrogen) atoms. The summed E-state index contributed by atoms with van der Waals surface area (Å²) in [7, 11) is 0. The van der Waals surface area contributed by atoms with Gasteiger partial charge in [-0.3, -0.25) is 0 Å². The minimum absolute atomic E-state index is 0.609. The van der Waals surface area contributed by atoms with E-state index in [1.807, 2.05) is 6.92 Å². The van der Waals surface area contributed by atoms with E-state index in [1.165, 1.54) is 44.1 Å². The molecule has 0 atom stereocenters. The van der Waals surface area contributed by atoms with Crippen LogP contribution < -0.4 is 5.32 Å². The van der Waals surface area contributed by atoms with E-state index in [2.05, 4.69) is 18.3 Å². The summed E-state index contributed by atoms with van der Waals surface area (Å²) in [5.41, 5.74) is 1.28. The van der Waals surface area contributed by atoms with E-state index in [4.69, 9.17) is 9.15 Å². The first-order chi connectivity index (χ1) is 9.79. The molecule has 2 rings (SSSR count). The number of nitrogens with one attached hydrogen (secondary N) is 1. The molecule has 114 valence electrons. The summed E-state index contributed by atoms with van der Waals surface area (Å²) in [5.74, 6) is 1.99. The van der Waals surface area contributed by atoms with E-state index < -0.39 is 0 Å². The lowest BCUT2D eigenvalue weighted by atomic mass is 10.2. The summed E-state index contributed by atoms with van der Waals surface area (Å²) in [6, 6.07) is 2.88. The number of rotatable bonds is 11. The normalized spacial score (nSPS) is 14.9. The van der Waals surface area contributed by atoms with Gasteiger partial charge < -0.3 is 14.5 Å². The molecule has 1 aliphatic carbocycles. The predicted octanol–water partition coefficient (Wildman–Crippen LogP) is 4.33. The van der Waals surface area contributed by atoms with Gasteiger partial charge in [0.1, 0.15) is 18.1 Å². The number of aryl methyl sites for hydroxylation is 1. The highest BCUT2D eigenvalue weighted by Crippen LogP contribution is 2.21. The Bertz CT molecular complexity index is 382. The summed E-state index contributed by atoms with van der Waals surface area (Å²) in [5, 5.41) is 3.52. The first-order valence-corrected chi connectivity index (χ1v) is 8.19. The lowest BCUT2D eigenvalue weighted by Crippen LogP contribution is -2.15. The Hall–Kier alpha value is -0.800. The number of ether oxygens (including phenoxy) is 1. The Morgan fingerprint density at radius 3 is 2.80 bits per heavy atom. The van der Waals surface area contributed by atoms with Crippen molar-refractivity contribution in [2.45, 2.75) is 78.0 Å². The maximum atomic E-state index is 5.75. The molecule has 1 N–H and O–H groups in total. The van der Waals surface area contributed by atoms with Crippen LogP contribution in [0.25, 0.3) is 0 Å². The molecular formula is C17H29NO2. The maximum Gasteiger partial charge on any atom is 0.130 e. The highest BCUT2D eigenvalue weighted by molar-refractivity contribution is 5.20. The fourth-order valence-electron chi connectivity index (χ4n) is 2.36. The van der Waals surface area contributed by atoms with Crippen LogP contribution in [0.4, 0.5) is 0 Å². The van der Waals surface area contributed by atoms with E-state index in [0.717, 1.165) is 37.1 Å². The van der Waals surface area contributed by atoms with Gasteiger partial charge in [-0.2, -0.15) is 0 Å². The molecule has 3 heteroatoms. The molecule has 1 aromatic rings. The Morgan fingerprint density at radius 2 is 2.05 bits per heavy atom. The van der Waals surface area contributed by atoms with Gasteiger partial charge in [-0.05, 0) is 32.3 Å². The molecule has 1 heterocycles. The molecule has 3 nitrogen and oxygen atoms in total. The summed E-state index contributed by atoms with van der Waals surface area (Å²) in [6.45, 7) is 6.66. The van der Waals surface area contributed by atoms with Gasteiger partial charge in [0.05, 0.1) is 0 Å². The van der Waals surface area contributed by atoms with Crippen molar-refractivity contribution in [2.24, 2.45) is 0 Å². The first-order valence-electron chi connectivity index (χ1n) is 8.19. The minimum atomic E-state index is 0.609. The van der Waals surface area contributed by atoms with E-state index in [9.17, 15) is 0 Å². The van der Waals surface area contributed by atoms with Crippen LogP contribution in [-0.2, 0) is 17.9 Å². The summed E-state index contributed by atoms with van der Waals surface area (Å²) < 4.78 is 11.4. The number of furan rings is 1. The van der Waals surface area contributed by atoms with Crippen LogP contribution in [-0.4, -0.2) is 12.6 Å². The molecule has 0 radical (unpaired) electrons. The SMILES string of the molecule is CCCCCCCOCc1cc(CNC2CC2)c(C)o1. The topological polar surface area (TPSA) is 34.4 Å². The molecule has 0 saturated heterocycles. The van der Waals surface area contributed by atoms with E-state index in [1.54, 1.807) is 0 Å². The fourth-order valence-corrected chi connectivity index (χ4v) is 2.36. The second kappa shape index (κ2) is 8.48. The van der Waals surface area contributed by atoms with Gasteiger partial charge in [0.25, 0.3) is 0 Å². The number of unbranched alkanes of at least 4 members (excludes halogenated alkanes) is 4. The molecule has 0 amide bonds. The van der Waals surface area contributed by atoms with Gasteiger partial charge in [-0.25, -0.2) is 0 Å². The van der Waals surface area contributed by atoms with Crippen molar-refractivity contribution in [2.75, 3.05) is 6.61 Å². The van der Waals surface area contributed by atoms with Gasteiger partial charge >= 0.3 is 0 Å². The Labute approximate surface area is 123 Å². The summed E-state index contributed by atoms with van der Waals surface area (Å²) in [6.07, 6.45) is 9.06. The molecule has 0 bridgehead atoms. The number of hydrogen-bond acceptors (Lipinski definition) is 3. The van der Waals surface area contributed by atoms with Crippen molar-refractivity contribution in [3.8, 4) is 0 Å². The average Bonchev–Trinajstić information content (AvgIpc) is 3.20. The largest absolute Gasteiger partial charge is 0.464 e. The minimum Gasteiger partial charge on any atom is -0.464 e. The molecule has 1 aromatic heterocycles. The lowest BCUT2D eigenvalue weighted by molar-refractivity contribution is 0.102. The van der Waals surface area contributed by atoms with E-state index in [-0.39, 0.29) is 0 Å². The Balaban J connectivity index is 1.59. The quantitative estimate of drug-likeness (QED) is 0.612. The van der Waals surface area contributed by atoms with Crippen molar-refractivity contribution >= 4 is 0 Å². The number of hydrogen-bond donors (Lipinski definition) is 1. The van der Waals surface area contributed by atoms with Crippen molar-refractivity contribution < 1.29 is 9.15 Å². The van der Waals surface area contributed by atoms with Crippen molar-refractivity contribution in [1.82, 2.24) is 5.32 Å². The predicted molar refractivity (Wildman–Crippen MR) is 81.7 cm³/mol. The molecular weight excluding hydrogens is 250 g/mol. The van der Waals surface area contributed by atoms with Crippen LogP contribution >= 0.6 is 0 Å². The van der Waals surface area contributed by atoms with Crippen LogP contribution in [0.15, 0.2) is 10.5 Å². The fraction of sp³-hybridized carbons (Fsp3) is 0.765. The molecule has 0 aromatic carbocycles. The molecule has 0 unspecified atom stereocenters. The highest BCUT2D eigenvalue weighted by atomic mass is 16.5. The van der Waals surface area contributed by atoms with Crippen LogP contribution in [0, 0.1) is 6.92 Å². The second-order valence-corrected chi connectivity index (χ2v) is 5.92. The zero-order chi connectivity index (χ0) is 14.2. The van der Waals surface area contributed by atoms with E-state index in [0.29, 0.717) is 6.61 Å². The first kappa shape index (κ1) is 15.6. The Kier molecular flexibility index (Phi) is 6.61.